The second kappa shape index (κ2) is 6.58. The van der Waals surface area contributed by atoms with Crippen molar-refractivity contribution in [1.29, 1.82) is 0 Å². The zero-order valence-corrected chi connectivity index (χ0v) is 12.5. The minimum Gasteiger partial charge on any atom is -0.319 e. The van der Waals surface area contributed by atoms with Crippen molar-refractivity contribution in [2.75, 3.05) is 0 Å². The molecule has 6 nitrogen and oxygen atoms in total. The standard InChI is InChI=1S/C15H14N3O3P/c1-3-8-11(4-2)13-16-14(12-9-6-5-7-10-12)18-15(17-13)22(19,20)21/h3-10H,1-2H2,(H2,19,20,21)/b11-8+. The van der Waals surface area contributed by atoms with Crippen molar-refractivity contribution in [2.24, 2.45) is 0 Å². The monoisotopic (exact) mass is 315 g/mol. The third kappa shape index (κ3) is 3.62. The van der Waals surface area contributed by atoms with Crippen molar-refractivity contribution in [3.05, 3.63) is 67.5 Å². The van der Waals surface area contributed by atoms with E-state index < -0.39 is 13.2 Å². The van der Waals surface area contributed by atoms with Gasteiger partial charge >= 0.3 is 7.60 Å². The highest BCUT2D eigenvalue weighted by molar-refractivity contribution is 7.59. The lowest BCUT2D eigenvalue weighted by atomic mass is 10.2. The van der Waals surface area contributed by atoms with Crippen molar-refractivity contribution in [2.45, 2.75) is 0 Å². The SMILES string of the molecule is C=C/C=C(\C=C)c1nc(-c2ccccc2)nc(P(=O)(O)O)n1. The molecule has 112 valence electrons. The van der Waals surface area contributed by atoms with Crippen LogP contribution in [0.5, 0.6) is 0 Å². The van der Waals surface area contributed by atoms with Crippen molar-refractivity contribution >= 4 is 18.7 Å². The Balaban J connectivity index is 2.70. The van der Waals surface area contributed by atoms with Crippen LogP contribution in [-0.2, 0) is 4.57 Å². The van der Waals surface area contributed by atoms with Gasteiger partial charge in [-0.2, -0.15) is 0 Å². The minimum absolute atomic E-state index is 0.127. The van der Waals surface area contributed by atoms with E-state index >= 15 is 0 Å². The van der Waals surface area contributed by atoms with Gasteiger partial charge in [-0.3, -0.25) is 4.57 Å². The molecule has 0 spiro atoms. The summed E-state index contributed by atoms with van der Waals surface area (Å²) in [4.78, 5) is 30.7. The molecule has 1 heterocycles. The lowest BCUT2D eigenvalue weighted by Crippen LogP contribution is -2.18. The molecule has 22 heavy (non-hydrogen) atoms. The first kappa shape index (κ1) is 16.0. The third-order valence-electron chi connectivity index (χ3n) is 2.69. The van der Waals surface area contributed by atoms with Crippen molar-refractivity contribution in [3.8, 4) is 11.4 Å². The van der Waals surface area contributed by atoms with E-state index in [-0.39, 0.29) is 11.6 Å². The summed E-state index contributed by atoms with van der Waals surface area (Å²) in [5, 5.41) is 0. The maximum atomic E-state index is 11.5. The van der Waals surface area contributed by atoms with Crippen molar-refractivity contribution in [1.82, 2.24) is 15.0 Å². The van der Waals surface area contributed by atoms with Gasteiger partial charge in [-0.1, -0.05) is 61.7 Å². The Bertz CT molecular complexity index is 782. The van der Waals surface area contributed by atoms with Crippen LogP contribution >= 0.6 is 7.60 Å². The second-order valence-electron chi connectivity index (χ2n) is 4.25. The molecule has 0 fully saturated rings. The molecular formula is C15H14N3O3P. The predicted octanol–water partition coefficient (Wildman–Crippen LogP) is 2.10. The Hall–Kier alpha value is -2.40. The fraction of sp³-hybridized carbons (Fsp3) is 0. The fourth-order valence-corrected chi connectivity index (χ4v) is 2.15. The summed E-state index contributed by atoms with van der Waals surface area (Å²) >= 11 is 0. The number of allylic oxidation sites excluding steroid dienone is 4. The number of nitrogens with zero attached hydrogens (tertiary/aromatic N) is 3. The van der Waals surface area contributed by atoms with E-state index in [2.05, 4.69) is 28.1 Å². The molecule has 2 N–H and O–H groups in total. The highest BCUT2D eigenvalue weighted by Gasteiger charge is 2.24. The molecule has 0 unspecified atom stereocenters. The number of benzene rings is 1. The molecule has 0 aliphatic carbocycles. The Kier molecular flexibility index (Phi) is 4.78. The smallest absolute Gasteiger partial charge is 0.319 e. The molecule has 0 amide bonds. The third-order valence-corrected chi connectivity index (χ3v) is 3.41. The topological polar surface area (TPSA) is 96.2 Å². The van der Waals surface area contributed by atoms with E-state index in [1.807, 2.05) is 6.07 Å². The summed E-state index contributed by atoms with van der Waals surface area (Å²) in [5.74, 6) is 0.308. The van der Waals surface area contributed by atoms with Crippen molar-refractivity contribution in [3.63, 3.8) is 0 Å². The van der Waals surface area contributed by atoms with Gasteiger partial charge in [0.25, 0.3) is 0 Å². The van der Waals surface area contributed by atoms with E-state index in [1.165, 1.54) is 12.2 Å². The van der Waals surface area contributed by atoms with E-state index in [4.69, 9.17) is 0 Å². The molecule has 2 rings (SSSR count). The van der Waals surface area contributed by atoms with Crippen LogP contribution in [0.3, 0.4) is 0 Å². The Morgan fingerprint density at radius 3 is 2.32 bits per heavy atom. The zero-order chi connectivity index (χ0) is 16.2. The van der Waals surface area contributed by atoms with Crippen LogP contribution in [0.2, 0.25) is 0 Å². The van der Waals surface area contributed by atoms with Crippen LogP contribution < -0.4 is 5.57 Å². The van der Waals surface area contributed by atoms with E-state index in [9.17, 15) is 14.4 Å². The van der Waals surface area contributed by atoms with Gasteiger partial charge in [0.1, 0.15) is 0 Å². The molecule has 0 saturated heterocycles. The highest BCUT2D eigenvalue weighted by Crippen LogP contribution is 2.32. The van der Waals surface area contributed by atoms with Crippen LogP contribution in [0.4, 0.5) is 0 Å². The summed E-state index contributed by atoms with van der Waals surface area (Å²) < 4.78 is 11.5. The Labute approximate surface area is 127 Å². The van der Waals surface area contributed by atoms with Crippen LogP contribution in [0.15, 0.2) is 61.7 Å². The van der Waals surface area contributed by atoms with E-state index in [0.717, 1.165) is 0 Å². The maximum absolute atomic E-state index is 11.5. The van der Waals surface area contributed by atoms with Gasteiger partial charge in [0.15, 0.2) is 11.6 Å². The van der Waals surface area contributed by atoms with Gasteiger partial charge in [-0.15, -0.1) is 0 Å². The molecule has 0 bridgehead atoms. The lowest BCUT2D eigenvalue weighted by Gasteiger charge is -2.08. The number of hydrogen-bond donors (Lipinski definition) is 2. The molecule has 0 saturated carbocycles. The molecular weight excluding hydrogens is 301 g/mol. The normalized spacial score (nSPS) is 12.0. The maximum Gasteiger partial charge on any atom is 0.393 e. The number of aromatic nitrogens is 3. The molecule has 0 radical (unpaired) electrons. The fourth-order valence-electron chi connectivity index (χ4n) is 1.70. The molecule has 0 aliphatic heterocycles. The lowest BCUT2D eigenvalue weighted by molar-refractivity contribution is 0.385. The Morgan fingerprint density at radius 2 is 1.77 bits per heavy atom. The zero-order valence-electron chi connectivity index (χ0n) is 11.6. The average molecular weight is 315 g/mol. The van der Waals surface area contributed by atoms with E-state index in [0.29, 0.717) is 11.1 Å². The van der Waals surface area contributed by atoms with E-state index in [1.54, 1.807) is 30.3 Å². The quantitative estimate of drug-likeness (QED) is 0.648. The summed E-state index contributed by atoms with van der Waals surface area (Å²) in [6.07, 6.45) is 4.59. The number of hydrogen-bond acceptors (Lipinski definition) is 4. The summed E-state index contributed by atoms with van der Waals surface area (Å²) in [7, 11) is -4.61. The molecule has 0 aliphatic rings. The molecule has 7 heteroatoms. The first-order valence-corrected chi connectivity index (χ1v) is 7.90. The second-order valence-corrected chi connectivity index (χ2v) is 5.74. The van der Waals surface area contributed by atoms with Crippen molar-refractivity contribution < 1.29 is 14.4 Å². The molecule has 0 atom stereocenters. The van der Waals surface area contributed by atoms with Crippen LogP contribution in [0.1, 0.15) is 5.82 Å². The van der Waals surface area contributed by atoms with Gasteiger partial charge in [-0.05, 0) is 0 Å². The van der Waals surface area contributed by atoms with Gasteiger partial charge < -0.3 is 9.79 Å². The average Bonchev–Trinajstić information content (AvgIpc) is 2.52. The summed E-state index contributed by atoms with van der Waals surface area (Å²) in [6.45, 7) is 7.22. The molecule has 1 aromatic carbocycles. The summed E-state index contributed by atoms with van der Waals surface area (Å²) in [6, 6.07) is 8.87. The highest BCUT2D eigenvalue weighted by atomic mass is 31.2. The predicted molar refractivity (Wildman–Crippen MR) is 85.3 cm³/mol. The summed E-state index contributed by atoms with van der Waals surface area (Å²) in [5.41, 5.74) is 0.542. The van der Waals surface area contributed by atoms with Gasteiger partial charge in [0.2, 0.25) is 5.57 Å². The van der Waals surface area contributed by atoms with Crippen LogP contribution in [0, 0.1) is 0 Å². The van der Waals surface area contributed by atoms with Crippen LogP contribution in [-0.4, -0.2) is 24.7 Å². The van der Waals surface area contributed by atoms with Gasteiger partial charge in [0.05, 0.1) is 0 Å². The first-order valence-electron chi connectivity index (χ1n) is 6.29. The van der Waals surface area contributed by atoms with Crippen LogP contribution in [0.25, 0.3) is 17.0 Å². The van der Waals surface area contributed by atoms with Gasteiger partial charge in [0, 0.05) is 11.1 Å². The Morgan fingerprint density at radius 1 is 1.09 bits per heavy atom. The largest absolute Gasteiger partial charge is 0.393 e. The molecule has 1 aromatic heterocycles. The van der Waals surface area contributed by atoms with Gasteiger partial charge in [-0.25, -0.2) is 15.0 Å². The molecule has 2 aromatic rings. The minimum atomic E-state index is -4.61. The number of rotatable bonds is 5. The first-order chi connectivity index (χ1) is 10.5.